The van der Waals surface area contributed by atoms with Crippen molar-refractivity contribution < 1.29 is 9.53 Å². The maximum absolute atomic E-state index is 11.8. The van der Waals surface area contributed by atoms with Crippen LogP contribution in [0.3, 0.4) is 0 Å². The third-order valence-electron chi connectivity index (χ3n) is 2.51. The summed E-state index contributed by atoms with van der Waals surface area (Å²) in [6.07, 6.45) is 3.09. The SMILES string of the molecule is COc1ccc(CNC(=O)c2ccc(N)nc2)cn1. The van der Waals surface area contributed by atoms with Gasteiger partial charge in [0.1, 0.15) is 5.82 Å². The fraction of sp³-hybridized carbons (Fsp3) is 0.154. The molecule has 3 N–H and O–H groups in total. The highest BCUT2D eigenvalue weighted by atomic mass is 16.5. The second-order valence-corrected chi connectivity index (χ2v) is 3.86. The smallest absolute Gasteiger partial charge is 0.253 e. The Morgan fingerprint density at radius 2 is 2.11 bits per heavy atom. The van der Waals surface area contributed by atoms with Crippen molar-refractivity contribution in [2.24, 2.45) is 0 Å². The van der Waals surface area contributed by atoms with Gasteiger partial charge in [0.25, 0.3) is 5.91 Å². The second kappa shape index (κ2) is 5.81. The number of nitrogen functional groups attached to an aromatic ring is 1. The van der Waals surface area contributed by atoms with E-state index in [4.69, 9.17) is 10.5 Å². The number of nitrogens with zero attached hydrogens (tertiary/aromatic N) is 2. The van der Waals surface area contributed by atoms with E-state index in [1.54, 1.807) is 31.5 Å². The average molecular weight is 258 g/mol. The second-order valence-electron chi connectivity index (χ2n) is 3.86. The summed E-state index contributed by atoms with van der Waals surface area (Å²) in [5.74, 6) is 0.719. The van der Waals surface area contributed by atoms with Crippen molar-refractivity contribution in [3.8, 4) is 5.88 Å². The Morgan fingerprint density at radius 1 is 1.26 bits per heavy atom. The van der Waals surface area contributed by atoms with E-state index >= 15 is 0 Å². The molecule has 1 amide bonds. The summed E-state index contributed by atoms with van der Waals surface area (Å²) in [7, 11) is 1.55. The maximum Gasteiger partial charge on any atom is 0.253 e. The number of methoxy groups -OCH3 is 1. The van der Waals surface area contributed by atoms with Gasteiger partial charge in [-0.1, -0.05) is 6.07 Å². The summed E-state index contributed by atoms with van der Waals surface area (Å²) >= 11 is 0. The number of aromatic nitrogens is 2. The zero-order chi connectivity index (χ0) is 13.7. The molecule has 0 aliphatic carbocycles. The Bertz CT molecular complexity index is 552. The van der Waals surface area contributed by atoms with Crippen LogP contribution in [0.15, 0.2) is 36.7 Å². The Balaban J connectivity index is 1.94. The highest BCUT2D eigenvalue weighted by Gasteiger charge is 2.05. The molecule has 0 atom stereocenters. The molecule has 2 heterocycles. The first-order chi connectivity index (χ1) is 9.19. The maximum atomic E-state index is 11.8. The van der Waals surface area contributed by atoms with Crippen LogP contribution in [0.4, 0.5) is 5.82 Å². The molecule has 0 radical (unpaired) electrons. The molecular weight excluding hydrogens is 244 g/mol. The molecule has 0 aliphatic heterocycles. The summed E-state index contributed by atoms with van der Waals surface area (Å²) < 4.78 is 4.96. The Kier molecular flexibility index (Phi) is 3.92. The molecule has 0 bridgehead atoms. The number of carbonyl (C=O) groups excluding carboxylic acids is 1. The Labute approximate surface area is 110 Å². The average Bonchev–Trinajstić information content (AvgIpc) is 2.46. The van der Waals surface area contributed by atoms with Crippen LogP contribution in [-0.2, 0) is 6.54 Å². The summed E-state index contributed by atoms with van der Waals surface area (Å²) in [6.45, 7) is 0.389. The predicted molar refractivity (Wildman–Crippen MR) is 70.6 cm³/mol. The van der Waals surface area contributed by atoms with E-state index in [-0.39, 0.29) is 5.91 Å². The number of ether oxygens (including phenoxy) is 1. The molecule has 2 aromatic rings. The number of pyridine rings is 2. The topological polar surface area (TPSA) is 90.1 Å². The van der Waals surface area contributed by atoms with Crippen LogP contribution in [0.25, 0.3) is 0 Å². The predicted octanol–water partition coefficient (Wildman–Crippen LogP) is 0.997. The van der Waals surface area contributed by atoms with Gasteiger partial charge < -0.3 is 15.8 Å². The molecule has 2 aromatic heterocycles. The molecule has 19 heavy (non-hydrogen) atoms. The van der Waals surface area contributed by atoms with Crippen LogP contribution in [-0.4, -0.2) is 23.0 Å². The first-order valence-electron chi connectivity index (χ1n) is 5.67. The van der Waals surface area contributed by atoms with E-state index in [1.165, 1.54) is 6.20 Å². The molecule has 0 saturated carbocycles. The molecule has 0 fully saturated rings. The lowest BCUT2D eigenvalue weighted by molar-refractivity contribution is 0.0950. The normalized spacial score (nSPS) is 9.95. The zero-order valence-corrected chi connectivity index (χ0v) is 10.5. The van der Waals surface area contributed by atoms with E-state index in [2.05, 4.69) is 15.3 Å². The molecule has 0 aliphatic rings. The lowest BCUT2D eigenvalue weighted by Gasteiger charge is -2.05. The number of amides is 1. The molecule has 6 heteroatoms. The zero-order valence-electron chi connectivity index (χ0n) is 10.5. The standard InChI is InChI=1S/C13H14N4O2/c1-19-12-5-2-9(6-16-12)7-17-13(18)10-3-4-11(14)15-8-10/h2-6,8H,7H2,1H3,(H2,14,15)(H,17,18). The van der Waals surface area contributed by atoms with Gasteiger partial charge in [0.15, 0.2) is 0 Å². The van der Waals surface area contributed by atoms with Crippen molar-refractivity contribution in [1.82, 2.24) is 15.3 Å². The minimum absolute atomic E-state index is 0.205. The van der Waals surface area contributed by atoms with Crippen LogP contribution >= 0.6 is 0 Å². The number of hydrogen-bond donors (Lipinski definition) is 2. The third kappa shape index (κ3) is 3.41. The molecule has 0 aromatic carbocycles. The number of rotatable bonds is 4. The number of nitrogens with two attached hydrogens (primary N) is 1. The molecule has 0 saturated heterocycles. The van der Waals surface area contributed by atoms with Gasteiger partial charge in [-0.25, -0.2) is 9.97 Å². The molecule has 2 rings (SSSR count). The van der Waals surface area contributed by atoms with Gasteiger partial charge in [0, 0.05) is 25.0 Å². The van der Waals surface area contributed by atoms with Gasteiger partial charge in [-0.15, -0.1) is 0 Å². The lowest BCUT2D eigenvalue weighted by atomic mass is 10.2. The fourth-order valence-electron chi connectivity index (χ4n) is 1.46. The summed E-state index contributed by atoms with van der Waals surface area (Å²) in [5.41, 5.74) is 6.81. The van der Waals surface area contributed by atoms with Crippen molar-refractivity contribution in [1.29, 1.82) is 0 Å². The number of nitrogens with one attached hydrogen (secondary N) is 1. The minimum Gasteiger partial charge on any atom is -0.481 e. The van der Waals surface area contributed by atoms with E-state index in [0.717, 1.165) is 5.56 Å². The Morgan fingerprint density at radius 3 is 2.68 bits per heavy atom. The summed E-state index contributed by atoms with van der Waals surface area (Å²) in [4.78, 5) is 19.7. The monoisotopic (exact) mass is 258 g/mol. The highest BCUT2D eigenvalue weighted by Crippen LogP contribution is 2.07. The van der Waals surface area contributed by atoms with Gasteiger partial charge in [-0.3, -0.25) is 4.79 Å². The summed E-state index contributed by atoms with van der Waals surface area (Å²) in [6, 6.07) is 6.80. The van der Waals surface area contributed by atoms with Gasteiger partial charge in [-0.05, 0) is 17.7 Å². The highest BCUT2D eigenvalue weighted by molar-refractivity contribution is 5.93. The van der Waals surface area contributed by atoms with E-state index < -0.39 is 0 Å². The first-order valence-corrected chi connectivity index (χ1v) is 5.67. The molecule has 0 spiro atoms. The van der Waals surface area contributed by atoms with E-state index in [9.17, 15) is 4.79 Å². The number of carbonyl (C=O) groups is 1. The van der Waals surface area contributed by atoms with Gasteiger partial charge >= 0.3 is 0 Å². The Hall–Kier alpha value is -2.63. The van der Waals surface area contributed by atoms with E-state index in [1.807, 2.05) is 6.07 Å². The largest absolute Gasteiger partial charge is 0.481 e. The molecule has 0 unspecified atom stereocenters. The van der Waals surface area contributed by atoms with Crippen LogP contribution in [0.5, 0.6) is 5.88 Å². The first kappa shape index (κ1) is 12.8. The van der Waals surface area contributed by atoms with Crippen molar-refractivity contribution >= 4 is 11.7 Å². The lowest BCUT2D eigenvalue weighted by Crippen LogP contribution is -2.23. The number of anilines is 1. The van der Waals surface area contributed by atoms with Crippen LogP contribution in [0, 0.1) is 0 Å². The van der Waals surface area contributed by atoms with Crippen molar-refractivity contribution in [2.45, 2.75) is 6.54 Å². The van der Waals surface area contributed by atoms with Crippen molar-refractivity contribution in [3.05, 3.63) is 47.8 Å². The third-order valence-corrected chi connectivity index (χ3v) is 2.51. The summed E-state index contributed by atoms with van der Waals surface area (Å²) in [5, 5.41) is 2.77. The minimum atomic E-state index is -0.205. The van der Waals surface area contributed by atoms with Gasteiger partial charge in [0.2, 0.25) is 5.88 Å². The van der Waals surface area contributed by atoms with Crippen molar-refractivity contribution in [3.63, 3.8) is 0 Å². The van der Waals surface area contributed by atoms with Gasteiger partial charge in [0.05, 0.1) is 12.7 Å². The van der Waals surface area contributed by atoms with Crippen LogP contribution in [0.2, 0.25) is 0 Å². The van der Waals surface area contributed by atoms with Gasteiger partial charge in [-0.2, -0.15) is 0 Å². The van der Waals surface area contributed by atoms with Crippen LogP contribution < -0.4 is 15.8 Å². The molecular formula is C13H14N4O2. The quantitative estimate of drug-likeness (QED) is 0.853. The molecule has 98 valence electrons. The fourth-order valence-corrected chi connectivity index (χ4v) is 1.46. The van der Waals surface area contributed by atoms with Crippen molar-refractivity contribution in [2.75, 3.05) is 12.8 Å². The molecule has 6 nitrogen and oxygen atoms in total. The number of hydrogen-bond acceptors (Lipinski definition) is 5. The van der Waals surface area contributed by atoms with Crippen LogP contribution in [0.1, 0.15) is 15.9 Å². The van der Waals surface area contributed by atoms with E-state index in [0.29, 0.717) is 23.8 Å².